The Hall–Kier alpha value is -2.64. The van der Waals surface area contributed by atoms with Crippen molar-refractivity contribution < 1.29 is 4.42 Å². The topological polar surface area (TPSA) is 65.1 Å². The van der Waals surface area contributed by atoms with E-state index in [1.54, 1.807) is 28.0 Å². The second-order valence-corrected chi connectivity index (χ2v) is 10.9. The van der Waals surface area contributed by atoms with Crippen LogP contribution in [0.25, 0.3) is 21.2 Å². The van der Waals surface area contributed by atoms with Crippen LogP contribution in [0.5, 0.6) is 0 Å². The number of fused-ring (bicyclic) bond motifs is 4. The van der Waals surface area contributed by atoms with E-state index in [1.165, 1.54) is 22.2 Å². The molecule has 0 fully saturated rings. The highest BCUT2D eigenvalue weighted by molar-refractivity contribution is 7.98. The Balaban J connectivity index is 1.59. The summed E-state index contributed by atoms with van der Waals surface area (Å²) < 4.78 is 7.23. The van der Waals surface area contributed by atoms with Gasteiger partial charge in [-0.2, -0.15) is 0 Å². The largest absolute Gasteiger partial charge is 0.422 e. The number of allylic oxidation sites excluding steroid dienone is 1. The number of thiophene rings is 1. The van der Waals surface area contributed by atoms with Gasteiger partial charge in [0.2, 0.25) is 0 Å². The Morgan fingerprint density at radius 2 is 2.15 bits per heavy atom. The van der Waals surface area contributed by atoms with Crippen molar-refractivity contribution in [2.24, 2.45) is 5.92 Å². The molecule has 3 aromatic heterocycles. The van der Waals surface area contributed by atoms with Crippen LogP contribution in [0.4, 0.5) is 0 Å². The molecule has 0 bridgehead atoms. The number of aryl methyl sites for hydroxylation is 3. The Morgan fingerprint density at radius 3 is 2.94 bits per heavy atom. The van der Waals surface area contributed by atoms with Gasteiger partial charge in [-0.15, -0.1) is 17.9 Å². The minimum atomic E-state index is -0.362. The van der Waals surface area contributed by atoms with Crippen LogP contribution in [0.2, 0.25) is 0 Å². The summed E-state index contributed by atoms with van der Waals surface area (Å²) in [5.74, 6) is 1.15. The van der Waals surface area contributed by atoms with E-state index >= 15 is 0 Å². The van der Waals surface area contributed by atoms with Crippen LogP contribution < -0.4 is 11.2 Å². The van der Waals surface area contributed by atoms with E-state index in [4.69, 9.17) is 9.40 Å². The van der Waals surface area contributed by atoms with Gasteiger partial charge in [-0.1, -0.05) is 36.9 Å². The van der Waals surface area contributed by atoms with Gasteiger partial charge in [-0.3, -0.25) is 9.36 Å². The van der Waals surface area contributed by atoms with Gasteiger partial charge in [-0.05, 0) is 61.3 Å². The summed E-state index contributed by atoms with van der Waals surface area (Å²) >= 11 is 3.14. The molecule has 33 heavy (non-hydrogen) atoms. The zero-order valence-electron chi connectivity index (χ0n) is 19.1. The summed E-state index contributed by atoms with van der Waals surface area (Å²) in [7, 11) is 0. The molecule has 0 aliphatic heterocycles. The molecule has 0 amide bonds. The number of thioether (sulfide) groups is 1. The normalized spacial score (nSPS) is 15.8. The third kappa shape index (κ3) is 3.87. The van der Waals surface area contributed by atoms with Crippen molar-refractivity contribution in [3.63, 3.8) is 0 Å². The molecule has 170 valence electrons. The van der Waals surface area contributed by atoms with Crippen molar-refractivity contribution in [2.45, 2.75) is 57.5 Å². The number of benzene rings is 1. The molecule has 1 aliphatic rings. The van der Waals surface area contributed by atoms with Gasteiger partial charge in [0.15, 0.2) is 5.16 Å². The molecular formula is C26H26N2O3S2. The minimum absolute atomic E-state index is 0.0124. The van der Waals surface area contributed by atoms with E-state index in [1.807, 2.05) is 26.0 Å². The van der Waals surface area contributed by atoms with E-state index in [2.05, 4.69) is 13.5 Å². The van der Waals surface area contributed by atoms with Gasteiger partial charge in [0.25, 0.3) is 5.56 Å². The van der Waals surface area contributed by atoms with Crippen LogP contribution in [-0.4, -0.2) is 9.55 Å². The smallest absolute Gasteiger partial charge is 0.336 e. The van der Waals surface area contributed by atoms with Gasteiger partial charge >= 0.3 is 5.63 Å². The SMILES string of the molecule is C=CCn1c(SCc2cc(=O)oc3c(C)c(C)ccc23)nc2sc3c(c2c1=O)CCC(C)C3. The van der Waals surface area contributed by atoms with Crippen molar-refractivity contribution >= 4 is 44.3 Å². The molecule has 1 aromatic carbocycles. The molecule has 5 nitrogen and oxygen atoms in total. The van der Waals surface area contributed by atoms with E-state index in [9.17, 15) is 9.59 Å². The molecule has 0 saturated heterocycles. The van der Waals surface area contributed by atoms with Crippen molar-refractivity contribution in [1.29, 1.82) is 0 Å². The average molecular weight is 479 g/mol. The first-order chi connectivity index (χ1) is 15.9. The van der Waals surface area contributed by atoms with Gasteiger partial charge in [-0.25, -0.2) is 9.78 Å². The number of aromatic nitrogens is 2. The zero-order valence-corrected chi connectivity index (χ0v) is 20.7. The molecule has 7 heteroatoms. The van der Waals surface area contributed by atoms with Crippen molar-refractivity contribution in [3.8, 4) is 0 Å². The van der Waals surface area contributed by atoms with Crippen molar-refractivity contribution in [3.05, 3.63) is 78.8 Å². The fourth-order valence-corrected chi connectivity index (χ4v) is 7.01. The summed E-state index contributed by atoms with van der Waals surface area (Å²) in [4.78, 5) is 32.8. The molecule has 1 atom stereocenters. The maximum absolute atomic E-state index is 13.5. The number of rotatable bonds is 5. The molecule has 0 spiro atoms. The monoisotopic (exact) mass is 478 g/mol. The Kier molecular flexibility index (Phi) is 5.79. The zero-order chi connectivity index (χ0) is 23.3. The number of nitrogens with zero attached hydrogens (tertiary/aromatic N) is 2. The quantitative estimate of drug-likeness (QED) is 0.157. The molecule has 0 N–H and O–H groups in total. The Labute approximate surface area is 200 Å². The predicted octanol–water partition coefficient (Wildman–Crippen LogP) is 5.78. The predicted molar refractivity (Wildman–Crippen MR) is 137 cm³/mol. The van der Waals surface area contributed by atoms with E-state index in [-0.39, 0.29) is 11.2 Å². The number of hydrogen-bond donors (Lipinski definition) is 0. The third-order valence-electron chi connectivity index (χ3n) is 6.57. The Bertz CT molecular complexity index is 1530. The standard InChI is InChI=1S/C26H26N2O3S2/c1-5-10-28-25(30)22-19-8-6-14(2)11-20(19)33-24(22)27-26(28)32-13-17-12-21(29)31-23-16(4)15(3)7-9-18(17)23/h5,7,9,12,14H,1,6,8,10-11,13H2,2-4H3. The van der Waals surface area contributed by atoms with Gasteiger partial charge in [0.05, 0.1) is 5.39 Å². The molecule has 0 radical (unpaired) electrons. The fraction of sp³-hybridized carbons (Fsp3) is 0.346. The second-order valence-electron chi connectivity index (χ2n) is 8.89. The summed E-state index contributed by atoms with van der Waals surface area (Å²) in [6.45, 7) is 10.5. The molecule has 3 heterocycles. The molecule has 0 saturated carbocycles. The molecule has 1 unspecified atom stereocenters. The second kappa shape index (κ2) is 8.61. The lowest BCUT2D eigenvalue weighted by atomic mass is 9.89. The lowest BCUT2D eigenvalue weighted by Crippen LogP contribution is -2.23. The van der Waals surface area contributed by atoms with Crippen LogP contribution in [0, 0.1) is 19.8 Å². The lowest BCUT2D eigenvalue weighted by molar-refractivity contribution is 0.509. The van der Waals surface area contributed by atoms with Crippen LogP contribution in [0.3, 0.4) is 0 Å². The van der Waals surface area contributed by atoms with Crippen LogP contribution >= 0.6 is 23.1 Å². The average Bonchev–Trinajstić information content (AvgIpc) is 3.14. The Morgan fingerprint density at radius 1 is 1.33 bits per heavy atom. The highest BCUT2D eigenvalue weighted by Crippen LogP contribution is 2.37. The van der Waals surface area contributed by atoms with Gasteiger partial charge in [0, 0.05) is 28.6 Å². The van der Waals surface area contributed by atoms with E-state index < -0.39 is 0 Å². The first-order valence-corrected chi connectivity index (χ1v) is 13.0. The molecule has 5 rings (SSSR count). The summed E-state index contributed by atoms with van der Waals surface area (Å²) in [5, 5.41) is 2.36. The van der Waals surface area contributed by atoms with Crippen molar-refractivity contribution in [1.82, 2.24) is 9.55 Å². The van der Waals surface area contributed by atoms with Gasteiger partial charge < -0.3 is 4.42 Å². The summed E-state index contributed by atoms with van der Waals surface area (Å²) in [6.07, 6.45) is 4.81. The molecule has 1 aliphatic carbocycles. The number of hydrogen-bond acceptors (Lipinski definition) is 6. The maximum atomic E-state index is 13.5. The van der Waals surface area contributed by atoms with Crippen molar-refractivity contribution in [2.75, 3.05) is 0 Å². The minimum Gasteiger partial charge on any atom is -0.422 e. The highest BCUT2D eigenvalue weighted by Gasteiger charge is 2.24. The van der Waals surface area contributed by atoms with E-state index in [0.717, 1.165) is 51.6 Å². The lowest BCUT2D eigenvalue weighted by Gasteiger charge is -2.17. The van der Waals surface area contributed by atoms with E-state index in [0.29, 0.717) is 29.0 Å². The van der Waals surface area contributed by atoms with Gasteiger partial charge in [0.1, 0.15) is 10.4 Å². The maximum Gasteiger partial charge on any atom is 0.336 e. The van der Waals surface area contributed by atoms with Crippen LogP contribution in [0.15, 0.2) is 50.0 Å². The molecular weight excluding hydrogens is 452 g/mol. The summed E-state index contributed by atoms with van der Waals surface area (Å²) in [5.41, 5.74) is 4.41. The fourth-order valence-electron chi connectivity index (χ4n) is 4.59. The first kappa shape index (κ1) is 22.2. The van der Waals surface area contributed by atoms with Crippen LogP contribution in [-0.2, 0) is 25.1 Å². The third-order valence-corrected chi connectivity index (χ3v) is 8.74. The highest BCUT2D eigenvalue weighted by atomic mass is 32.2. The first-order valence-electron chi connectivity index (χ1n) is 11.2. The molecule has 4 aromatic rings. The van der Waals surface area contributed by atoms with Crippen LogP contribution in [0.1, 0.15) is 40.5 Å². The summed E-state index contributed by atoms with van der Waals surface area (Å²) in [6, 6.07) is 5.59.